The summed E-state index contributed by atoms with van der Waals surface area (Å²) in [6.07, 6.45) is 1.80. The third kappa shape index (κ3) is 4.62. The van der Waals surface area contributed by atoms with Crippen LogP contribution in [0.4, 0.5) is 0 Å². The second-order valence-corrected chi connectivity index (χ2v) is 10.5. The summed E-state index contributed by atoms with van der Waals surface area (Å²) >= 11 is 3.83. The lowest BCUT2D eigenvalue weighted by atomic mass is 9.77. The summed E-state index contributed by atoms with van der Waals surface area (Å²) in [5.41, 5.74) is 3.91. The van der Waals surface area contributed by atoms with Crippen LogP contribution in [0.3, 0.4) is 0 Å². The molecular formula is C20H31BrO. The normalized spacial score (nSPS) is 13.1. The fraction of sp³-hybridized carbons (Fsp3) is 0.600. The number of ether oxygens (including phenoxy) is 1. The molecule has 1 rings (SSSR count). The molecule has 0 saturated heterocycles. The Balaban J connectivity index is 3.73. The van der Waals surface area contributed by atoms with Crippen LogP contribution in [0.25, 0.3) is 0 Å². The standard InChI is InChI=1S/C20H31BrO/c1-10-11-22-17-15(19(5,6)7)12-14(18(2,3)4)13-16(17)20(8,9)21/h10,12-13H,1,11H2,2-9H3. The van der Waals surface area contributed by atoms with Gasteiger partial charge in [0.1, 0.15) is 12.4 Å². The smallest absolute Gasteiger partial charge is 0.128 e. The van der Waals surface area contributed by atoms with E-state index in [1.54, 1.807) is 6.08 Å². The van der Waals surface area contributed by atoms with E-state index < -0.39 is 0 Å². The minimum Gasteiger partial charge on any atom is -0.489 e. The Hall–Kier alpha value is -0.760. The molecule has 0 atom stereocenters. The van der Waals surface area contributed by atoms with Crippen molar-refractivity contribution < 1.29 is 4.74 Å². The van der Waals surface area contributed by atoms with Gasteiger partial charge in [-0.2, -0.15) is 0 Å². The molecule has 0 spiro atoms. The van der Waals surface area contributed by atoms with Gasteiger partial charge in [-0.05, 0) is 30.2 Å². The van der Waals surface area contributed by atoms with E-state index in [1.165, 1.54) is 16.7 Å². The van der Waals surface area contributed by atoms with Crippen molar-refractivity contribution in [2.75, 3.05) is 6.61 Å². The summed E-state index contributed by atoms with van der Waals surface area (Å²) < 4.78 is 5.94. The first-order valence-corrected chi connectivity index (χ1v) is 8.70. The number of hydrogen-bond donors (Lipinski definition) is 0. The third-order valence-corrected chi connectivity index (χ3v) is 4.18. The first kappa shape index (κ1) is 19.3. The van der Waals surface area contributed by atoms with Gasteiger partial charge in [-0.25, -0.2) is 0 Å². The molecular weight excluding hydrogens is 336 g/mol. The predicted octanol–water partition coefficient (Wildman–Crippen LogP) is 6.48. The topological polar surface area (TPSA) is 9.23 Å². The zero-order chi connectivity index (χ0) is 17.3. The number of rotatable bonds is 4. The first-order valence-electron chi connectivity index (χ1n) is 7.90. The molecule has 22 heavy (non-hydrogen) atoms. The second-order valence-electron chi connectivity index (χ2n) is 8.47. The Kier molecular flexibility index (Phi) is 5.60. The van der Waals surface area contributed by atoms with E-state index >= 15 is 0 Å². The molecule has 1 aromatic rings. The highest BCUT2D eigenvalue weighted by Crippen LogP contribution is 2.45. The van der Waals surface area contributed by atoms with Crippen molar-refractivity contribution in [1.29, 1.82) is 0 Å². The van der Waals surface area contributed by atoms with E-state index in [4.69, 9.17) is 4.74 Å². The van der Waals surface area contributed by atoms with Gasteiger partial charge in [0, 0.05) is 15.5 Å². The van der Waals surface area contributed by atoms with Crippen molar-refractivity contribution in [2.24, 2.45) is 0 Å². The summed E-state index contributed by atoms with van der Waals surface area (Å²) in [6.45, 7) is 22.1. The van der Waals surface area contributed by atoms with E-state index in [2.05, 4.69) is 90.0 Å². The fourth-order valence-electron chi connectivity index (χ4n) is 2.36. The van der Waals surface area contributed by atoms with Crippen molar-refractivity contribution in [3.8, 4) is 5.75 Å². The first-order chi connectivity index (χ1) is 9.78. The summed E-state index contributed by atoms with van der Waals surface area (Å²) in [6, 6.07) is 4.59. The van der Waals surface area contributed by atoms with Crippen molar-refractivity contribution in [2.45, 2.75) is 70.5 Å². The quantitative estimate of drug-likeness (QED) is 0.437. The minimum absolute atomic E-state index is 0.0186. The van der Waals surface area contributed by atoms with Gasteiger partial charge in [-0.15, -0.1) is 0 Å². The Labute approximate surface area is 145 Å². The molecule has 1 nitrogen and oxygen atoms in total. The van der Waals surface area contributed by atoms with Crippen LogP contribution in [0.2, 0.25) is 0 Å². The van der Waals surface area contributed by atoms with E-state index in [1.807, 2.05) is 0 Å². The van der Waals surface area contributed by atoms with E-state index in [9.17, 15) is 0 Å². The molecule has 0 saturated carbocycles. The van der Waals surface area contributed by atoms with Gasteiger partial charge in [0.25, 0.3) is 0 Å². The molecule has 0 aliphatic rings. The average Bonchev–Trinajstić information content (AvgIpc) is 2.31. The van der Waals surface area contributed by atoms with Gasteiger partial charge in [-0.3, -0.25) is 0 Å². The molecule has 2 heteroatoms. The monoisotopic (exact) mass is 366 g/mol. The fourth-order valence-corrected chi connectivity index (χ4v) is 2.65. The van der Waals surface area contributed by atoms with Gasteiger partial charge in [0.2, 0.25) is 0 Å². The maximum absolute atomic E-state index is 6.09. The Morgan fingerprint density at radius 1 is 0.955 bits per heavy atom. The maximum atomic E-state index is 6.09. The van der Waals surface area contributed by atoms with Crippen molar-refractivity contribution in [3.05, 3.63) is 41.5 Å². The van der Waals surface area contributed by atoms with E-state index in [-0.39, 0.29) is 15.2 Å². The lowest BCUT2D eigenvalue weighted by Gasteiger charge is -2.32. The number of halogens is 1. The molecule has 0 aliphatic heterocycles. The number of hydrogen-bond acceptors (Lipinski definition) is 1. The summed E-state index contributed by atoms with van der Waals surface area (Å²) in [4.78, 5) is 0. The highest BCUT2D eigenvalue weighted by Gasteiger charge is 2.30. The summed E-state index contributed by atoms with van der Waals surface area (Å²) in [5.74, 6) is 0.988. The molecule has 0 radical (unpaired) electrons. The molecule has 0 amide bonds. The molecule has 0 fully saturated rings. The van der Waals surface area contributed by atoms with Gasteiger partial charge >= 0.3 is 0 Å². The molecule has 0 unspecified atom stereocenters. The molecule has 124 valence electrons. The van der Waals surface area contributed by atoms with Crippen LogP contribution in [0.1, 0.15) is 72.1 Å². The van der Waals surface area contributed by atoms with Crippen LogP contribution in [0, 0.1) is 0 Å². The zero-order valence-electron chi connectivity index (χ0n) is 15.4. The van der Waals surface area contributed by atoms with Crippen LogP contribution in [-0.2, 0) is 15.2 Å². The van der Waals surface area contributed by atoms with E-state index in [0.717, 1.165) is 5.75 Å². The zero-order valence-corrected chi connectivity index (χ0v) is 17.0. The lowest BCUT2D eigenvalue weighted by Crippen LogP contribution is -2.22. The summed E-state index contributed by atoms with van der Waals surface area (Å²) in [7, 11) is 0. The minimum atomic E-state index is -0.148. The van der Waals surface area contributed by atoms with Crippen molar-refractivity contribution >= 4 is 15.9 Å². The maximum Gasteiger partial charge on any atom is 0.128 e. The molecule has 0 bridgehead atoms. The molecule has 0 N–H and O–H groups in total. The Bertz CT molecular complexity index is 501. The SMILES string of the molecule is C=CCOc1c(C(C)(C)C)cc(C(C)(C)C)cc1C(C)(C)Br. The van der Waals surface area contributed by atoms with Crippen molar-refractivity contribution in [3.63, 3.8) is 0 Å². The van der Waals surface area contributed by atoms with Gasteiger partial charge in [-0.1, -0.05) is 82.3 Å². The van der Waals surface area contributed by atoms with Crippen LogP contribution >= 0.6 is 15.9 Å². The van der Waals surface area contributed by atoms with Crippen LogP contribution in [0.15, 0.2) is 24.8 Å². The molecule has 0 aromatic heterocycles. The van der Waals surface area contributed by atoms with Gasteiger partial charge in [0.05, 0.1) is 0 Å². The van der Waals surface area contributed by atoms with Crippen LogP contribution in [-0.4, -0.2) is 6.61 Å². The van der Waals surface area contributed by atoms with Crippen LogP contribution < -0.4 is 4.74 Å². The molecule has 1 aromatic carbocycles. The average molecular weight is 367 g/mol. The highest BCUT2D eigenvalue weighted by atomic mass is 79.9. The predicted molar refractivity (Wildman–Crippen MR) is 101 cm³/mol. The second kappa shape index (κ2) is 6.39. The van der Waals surface area contributed by atoms with Crippen LogP contribution in [0.5, 0.6) is 5.75 Å². The lowest BCUT2D eigenvalue weighted by molar-refractivity contribution is 0.343. The Morgan fingerprint density at radius 3 is 1.82 bits per heavy atom. The summed E-state index contributed by atoms with van der Waals surface area (Å²) in [5, 5.41) is 0. The van der Waals surface area contributed by atoms with E-state index in [0.29, 0.717) is 6.61 Å². The third-order valence-electron chi connectivity index (χ3n) is 3.75. The van der Waals surface area contributed by atoms with Gasteiger partial charge < -0.3 is 4.74 Å². The highest BCUT2D eigenvalue weighted by molar-refractivity contribution is 9.09. The Morgan fingerprint density at radius 2 is 1.45 bits per heavy atom. The molecule has 0 aliphatic carbocycles. The number of benzene rings is 1. The molecule has 0 heterocycles. The largest absolute Gasteiger partial charge is 0.489 e. The van der Waals surface area contributed by atoms with Gasteiger partial charge in [0.15, 0.2) is 0 Å². The number of alkyl halides is 1. The van der Waals surface area contributed by atoms with Crippen molar-refractivity contribution in [1.82, 2.24) is 0 Å².